The maximum atomic E-state index is 9.20. The van der Waals surface area contributed by atoms with Crippen molar-refractivity contribution in [3.05, 3.63) is 34.8 Å². The molecule has 0 unspecified atom stereocenters. The molecule has 0 saturated heterocycles. The molecule has 16 heavy (non-hydrogen) atoms. The number of aromatic hydroxyl groups is 1. The fraction of sp³-hybridized carbons (Fsp3) is 0.250. The minimum Gasteiger partial charge on any atom is -0.508 e. The van der Waals surface area contributed by atoms with Crippen LogP contribution in [0.2, 0.25) is 0 Å². The van der Waals surface area contributed by atoms with Crippen molar-refractivity contribution < 1.29 is 10.2 Å². The van der Waals surface area contributed by atoms with Crippen LogP contribution in [-0.2, 0) is 13.0 Å². The van der Waals surface area contributed by atoms with Gasteiger partial charge >= 0.3 is 0 Å². The van der Waals surface area contributed by atoms with Gasteiger partial charge in [0, 0.05) is 10.4 Å². The van der Waals surface area contributed by atoms with Gasteiger partial charge in [0.2, 0.25) is 0 Å². The summed E-state index contributed by atoms with van der Waals surface area (Å²) in [5.41, 5.74) is 1.73. The number of thiazole rings is 1. The van der Waals surface area contributed by atoms with Crippen molar-refractivity contribution in [1.82, 2.24) is 4.98 Å². The second-order valence-corrected chi connectivity index (χ2v) is 4.53. The van der Waals surface area contributed by atoms with Gasteiger partial charge in [0.1, 0.15) is 10.8 Å². The summed E-state index contributed by atoms with van der Waals surface area (Å²) in [4.78, 5) is 5.50. The molecule has 1 heterocycles. The molecule has 0 spiro atoms. The van der Waals surface area contributed by atoms with Crippen LogP contribution in [0.1, 0.15) is 17.5 Å². The Morgan fingerprint density at radius 2 is 1.94 bits per heavy atom. The number of aromatic nitrogens is 1. The Balaban J connectivity index is 2.40. The smallest absolute Gasteiger partial charge is 0.123 e. The molecule has 1 aromatic carbocycles. The molecule has 84 valence electrons. The zero-order valence-corrected chi connectivity index (χ0v) is 9.79. The van der Waals surface area contributed by atoms with Crippen LogP contribution in [0.15, 0.2) is 24.3 Å². The lowest BCUT2D eigenvalue weighted by atomic mass is 10.2. The molecule has 1 aromatic heterocycles. The summed E-state index contributed by atoms with van der Waals surface area (Å²) in [5, 5.41) is 19.2. The van der Waals surface area contributed by atoms with Crippen LogP contribution in [0.3, 0.4) is 0 Å². The van der Waals surface area contributed by atoms with E-state index in [-0.39, 0.29) is 12.4 Å². The molecule has 4 heteroatoms. The van der Waals surface area contributed by atoms with E-state index in [1.165, 1.54) is 0 Å². The molecule has 0 saturated carbocycles. The van der Waals surface area contributed by atoms with E-state index in [1.807, 2.05) is 19.1 Å². The van der Waals surface area contributed by atoms with E-state index in [2.05, 4.69) is 4.98 Å². The van der Waals surface area contributed by atoms with Gasteiger partial charge in [0.05, 0.1) is 12.3 Å². The molecule has 2 aromatic rings. The predicted octanol–water partition coefficient (Wildman–Crippen LogP) is 2.57. The number of benzene rings is 1. The summed E-state index contributed by atoms with van der Waals surface area (Å²) in [6, 6.07) is 6.94. The fourth-order valence-electron chi connectivity index (χ4n) is 1.51. The van der Waals surface area contributed by atoms with Gasteiger partial charge in [-0.1, -0.05) is 6.92 Å². The van der Waals surface area contributed by atoms with Crippen molar-refractivity contribution >= 4 is 11.3 Å². The van der Waals surface area contributed by atoms with Crippen LogP contribution < -0.4 is 0 Å². The fourth-order valence-corrected chi connectivity index (χ4v) is 2.53. The molecule has 0 aliphatic carbocycles. The lowest BCUT2D eigenvalue weighted by Gasteiger charge is -1.95. The lowest BCUT2D eigenvalue weighted by molar-refractivity contribution is 0.276. The summed E-state index contributed by atoms with van der Waals surface area (Å²) in [6.45, 7) is 2.03. The molecular formula is C12H13NO2S. The first-order valence-electron chi connectivity index (χ1n) is 5.13. The van der Waals surface area contributed by atoms with Crippen molar-refractivity contribution in [3.8, 4) is 16.3 Å². The summed E-state index contributed by atoms with van der Waals surface area (Å²) < 4.78 is 0. The Morgan fingerprint density at radius 1 is 1.25 bits per heavy atom. The topological polar surface area (TPSA) is 53.4 Å². The summed E-state index contributed by atoms with van der Waals surface area (Å²) in [6.07, 6.45) is 0.881. The molecule has 3 nitrogen and oxygen atoms in total. The second-order valence-electron chi connectivity index (χ2n) is 3.45. The van der Waals surface area contributed by atoms with E-state index in [0.717, 1.165) is 27.6 Å². The van der Waals surface area contributed by atoms with E-state index >= 15 is 0 Å². The van der Waals surface area contributed by atoms with E-state index in [1.54, 1.807) is 23.5 Å². The highest BCUT2D eigenvalue weighted by Gasteiger charge is 2.10. The molecule has 2 N–H and O–H groups in total. The monoisotopic (exact) mass is 235 g/mol. The van der Waals surface area contributed by atoms with Crippen LogP contribution >= 0.6 is 11.3 Å². The summed E-state index contributed by atoms with van der Waals surface area (Å²) in [7, 11) is 0. The molecule has 0 amide bonds. The standard InChI is InChI=1S/C12H13NO2S/c1-2-11-10(7-14)13-12(16-11)8-3-5-9(15)6-4-8/h3-6,14-15H,2,7H2,1H3. The number of rotatable bonds is 3. The van der Waals surface area contributed by atoms with Crippen LogP contribution in [0.25, 0.3) is 10.6 Å². The number of phenolic OH excluding ortho intramolecular Hbond substituents is 1. The molecule has 2 rings (SSSR count). The largest absolute Gasteiger partial charge is 0.508 e. The van der Waals surface area contributed by atoms with Crippen LogP contribution in [-0.4, -0.2) is 15.2 Å². The Labute approximate surface area is 98.0 Å². The number of nitrogens with zero attached hydrogens (tertiary/aromatic N) is 1. The Bertz CT molecular complexity index is 455. The zero-order chi connectivity index (χ0) is 11.5. The van der Waals surface area contributed by atoms with Gasteiger partial charge in [-0.2, -0.15) is 0 Å². The number of aliphatic hydroxyl groups excluding tert-OH is 1. The van der Waals surface area contributed by atoms with Gasteiger partial charge in [0.15, 0.2) is 0 Å². The van der Waals surface area contributed by atoms with Crippen LogP contribution in [0, 0.1) is 0 Å². The van der Waals surface area contributed by atoms with E-state index < -0.39 is 0 Å². The summed E-state index contributed by atoms with van der Waals surface area (Å²) >= 11 is 1.59. The first-order valence-corrected chi connectivity index (χ1v) is 5.95. The molecule has 0 aliphatic rings. The van der Waals surface area contributed by atoms with Crippen molar-refractivity contribution in [2.24, 2.45) is 0 Å². The predicted molar refractivity (Wildman–Crippen MR) is 64.5 cm³/mol. The van der Waals surface area contributed by atoms with Gasteiger partial charge in [-0.25, -0.2) is 4.98 Å². The third-order valence-electron chi connectivity index (χ3n) is 2.36. The van der Waals surface area contributed by atoms with E-state index in [4.69, 9.17) is 5.11 Å². The Kier molecular flexibility index (Phi) is 3.22. The molecule has 0 aliphatic heterocycles. The maximum Gasteiger partial charge on any atom is 0.123 e. The van der Waals surface area contributed by atoms with E-state index in [0.29, 0.717) is 0 Å². The van der Waals surface area contributed by atoms with Crippen molar-refractivity contribution in [1.29, 1.82) is 0 Å². The second kappa shape index (κ2) is 4.63. The zero-order valence-electron chi connectivity index (χ0n) is 8.97. The number of hydrogen-bond acceptors (Lipinski definition) is 4. The number of aryl methyl sites for hydroxylation is 1. The highest BCUT2D eigenvalue weighted by molar-refractivity contribution is 7.15. The highest BCUT2D eigenvalue weighted by Crippen LogP contribution is 2.29. The number of aliphatic hydroxyl groups is 1. The van der Waals surface area contributed by atoms with E-state index in [9.17, 15) is 5.11 Å². The molecule has 0 fully saturated rings. The maximum absolute atomic E-state index is 9.20. The molecule has 0 bridgehead atoms. The van der Waals surface area contributed by atoms with Gasteiger partial charge < -0.3 is 10.2 Å². The van der Waals surface area contributed by atoms with Crippen molar-refractivity contribution in [2.75, 3.05) is 0 Å². The van der Waals surface area contributed by atoms with Gasteiger partial charge in [-0.15, -0.1) is 11.3 Å². The molecule has 0 atom stereocenters. The van der Waals surface area contributed by atoms with Crippen LogP contribution in [0.4, 0.5) is 0 Å². The summed E-state index contributed by atoms with van der Waals surface area (Å²) in [5.74, 6) is 0.249. The van der Waals surface area contributed by atoms with Crippen molar-refractivity contribution in [2.45, 2.75) is 20.0 Å². The third-order valence-corrected chi connectivity index (χ3v) is 3.65. The van der Waals surface area contributed by atoms with Crippen LogP contribution in [0.5, 0.6) is 5.75 Å². The first-order chi connectivity index (χ1) is 7.74. The average molecular weight is 235 g/mol. The molecular weight excluding hydrogens is 222 g/mol. The normalized spacial score (nSPS) is 10.6. The number of phenols is 1. The van der Waals surface area contributed by atoms with Gasteiger partial charge in [-0.05, 0) is 30.7 Å². The SMILES string of the molecule is CCc1sc(-c2ccc(O)cc2)nc1CO. The average Bonchev–Trinajstić information content (AvgIpc) is 2.73. The Hall–Kier alpha value is -1.39. The Morgan fingerprint density at radius 3 is 2.44 bits per heavy atom. The van der Waals surface area contributed by atoms with Gasteiger partial charge in [0.25, 0.3) is 0 Å². The van der Waals surface area contributed by atoms with Gasteiger partial charge in [-0.3, -0.25) is 0 Å². The van der Waals surface area contributed by atoms with Crippen molar-refractivity contribution in [3.63, 3.8) is 0 Å². The number of hydrogen-bond donors (Lipinski definition) is 2. The minimum absolute atomic E-state index is 0.0161. The highest BCUT2D eigenvalue weighted by atomic mass is 32.1. The first kappa shape index (κ1) is 11.1. The quantitative estimate of drug-likeness (QED) is 0.859. The molecule has 0 radical (unpaired) electrons. The minimum atomic E-state index is -0.0161. The lowest BCUT2D eigenvalue weighted by Crippen LogP contribution is -1.88. The third kappa shape index (κ3) is 2.08.